The second-order valence-corrected chi connectivity index (χ2v) is 7.17. The van der Waals surface area contributed by atoms with E-state index in [4.69, 9.17) is 0 Å². The molecule has 8 nitrogen and oxygen atoms in total. The van der Waals surface area contributed by atoms with Crippen LogP contribution in [0.3, 0.4) is 0 Å². The maximum Gasteiger partial charge on any atom is 0.268 e. The van der Waals surface area contributed by atoms with Crippen molar-refractivity contribution < 1.29 is 4.39 Å². The fraction of sp³-hybridized carbons (Fsp3) is 0.105. The number of nitrogens with zero attached hydrogens (tertiary/aromatic N) is 6. The van der Waals surface area contributed by atoms with Crippen LogP contribution in [-0.2, 0) is 0 Å². The molecule has 1 aromatic carbocycles. The van der Waals surface area contributed by atoms with E-state index in [-0.39, 0.29) is 11.4 Å². The molecular formula is C19H14FN7OS. The van der Waals surface area contributed by atoms with Gasteiger partial charge in [0.1, 0.15) is 5.82 Å². The monoisotopic (exact) mass is 407 g/mol. The number of thioether (sulfide) groups is 1. The van der Waals surface area contributed by atoms with Crippen LogP contribution in [0.15, 0.2) is 52.7 Å². The molecular weight excluding hydrogens is 393 g/mol. The van der Waals surface area contributed by atoms with Gasteiger partial charge in [-0.1, -0.05) is 23.9 Å². The zero-order valence-electron chi connectivity index (χ0n) is 15.4. The number of aromatic nitrogens is 7. The maximum atomic E-state index is 13.3. The van der Waals surface area contributed by atoms with Crippen molar-refractivity contribution in [2.45, 2.75) is 12.1 Å². The zero-order valence-corrected chi connectivity index (χ0v) is 16.2. The van der Waals surface area contributed by atoms with Gasteiger partial charge >= 0.3 is 0 Å². The number of nitrogens with one attached hydrogen (secondary N) is 1. The van der Waals surface area contributed by atoms with E-state index < -0.39 is 0 Å². The highest BCUT2D eigenvalue weighted by Crippen LogP contribution is 2.28. The molecule has 0 saturated heterocycles. The molecule has 0 fully saturated rings. The lowest BCUT2D eigenvalue weighted by Gasteiger charge is -2.05. The van der Waals surface area contributed by atoms with Gasteiger partial charge in [-0.25, -0.2) is 19.0 Å². The predicted octanol–water partition coefficient (Wildman–Crippen LogP) is 2.99. The number of halogens is 1. The number of hydrogen-bond acceptors (Lipinski definition) is 6. The molecule has 0 aliphatic heterocycles. The van der Waals surface area contributed by atoms with Crippen molar-refractivity contribution >= 4 is 28.3 Å². The molecule has 1 N–H and O–H groups in total. The minimum absolute atomic E-state index is 0.280. The number of H-pyrrole nitrogens is 1. The summed E-state index contributed by atoms with van der Waals surface area (Å²) in [6.45, 7) is 1.86. The minimum Gasteiger partial charge on any atom is -0.268 e. The number of hydrogen-bond donors (Lipinski definition) is 1. The Morgan fingerprint density at radius 3 is 2.69 bits per heavy atom. The normalized spacial score (nSPS) is 11.6. The van der Waals surface area contributed by atoms with Crippen LogP contribution in [0.4, 0.5) is 4.39 Å². The predicted molar refractivity (Wildman–Crippen MR) is 108 cm³/mol. The molecule has 4 heterocycles. The number of benzene rings is 1. The Morgan fingerprint density at radius 2 is 1.97 bits per heavy atom. The van der Waals surface area contributed by atoms with Crippen molar-refractivity contribution in [3.63, 3.8) is 0 Å². The molecule has 0 aliphatic carbocycles. The van der Waals surface area contributed by atoms with E-state index in [9.17, 15) is 9.18 Å². The summed E-state index contributed by atoms with van der Waals surface area (Å²) in [7, 11) is 0. The van der Waals surface area contributed by atoms with Crippen LogP contribution in [0.1, 0.15) is 5.69 Å². The molecule has 0 bridgehead atoms. The van der Waals surface area contributed by atoms with Crippen LogP contribution in [-0.4, -0.2) is 40.6 Å². The van der Waals surface area contributed by atoms with E-state index in [2.05, 4.69) is 25.3 Å². The molecule has 10 heteroatoms. The van der Waals surface area contributed by atoms with Crippen LogP contribution < -0.4 is 5.56 Å². The van der Waals surface area contributed by atoms with E-state index >= 15 is 0 Å². The Balaban J connectivity index is 1.74. The number of pyridine rings is 1. The van der Waals surface area contributed by atoms with Crippen molar-refractivity contribution in [2.24, 2.45) is 0 Å². The first kappa shape index (κ1) is 17.6. The summed E-state index contributed by atoms with van der Waals surface area (Å²) >= 11 is 1.38. The van der Waals surface area contributed by atoms with Gasteiger partial charge in [0.05, 0.1) is 16.6 Å². The van der Waals surface area contributed by atoms with Crippen molar-refractivity contribution in [2.75, 3.05) is 6.26 Å². The summed E-state index contributed by atoms with van der Waals surface area (Å²) in [4.78, 5) is 21.8. The van der Waals surface area contributed by atoms with E-state index in [0.717, 1.165) is 16.8 Å². The molecule has 0 radical (unpaired) electrons. The van der Waals surface area contributed by atoms with Crippen LogP contribution in [0, 0.1) is 12.7 Å². The highest BCUT2D eigenvalue weighted by Gasteiger charge is 2.17. The van der Waals surface area contributed by atoms with Gasteiger partial charge in [-0.05, 0) is 36.9 Å². The Labute approximate surface area is 167 Å². The van der Waals surface area contributed by atoms with Gasteiger partial charge in [0.25, 0.3) is 5.56 Å². The molecule has 0 amide bonds. The number of fused-ring (bicyclic) bond motifs is 3. The summed E-state index contributed by atoms with van der Waals surface area (Å²) in [6.07, 6.45) is 5.02. The summed E-state index contributed by atoms with van der Waals surface area (Å²) in [5.74, 6) is 0.0314. The molecule has 5 aromatic rings. The SMILES string of the molecule is CSc1n[nH]c(-n2ccc3c(cnc4c(-c5ccc(F)cc5)c(C)nn43)c2=O)n1. The summed E-state index contributed by atoms with van der Waals surface area (Å²) < 4.78 is 16.3. The first-order valence-electron chi connectivity index (χ1n) is 8.69. The molecule has 0 unspecified atom stereocenters. The van der Waals surface area contributed by atoms with Gasteiger partial charge in [0.15, 0.2) is 5.65 Å². The van der Waals surface area contributed by atoms with Gasteiger partial charge in [0, 0.05) is 18.0 Å². The molecule has 0 atom stereocenters. The second-order valence-electron chi connectivity index (χ2n) is 6.40. The molecule has 144 valence electrons. The number of aryl methyl sites for hydroxylation is 1. The Bertz CT molecular complexity index is 1440. The van der Waals surface area contributed by atoms with Crippen molar-refractivity contribution in [3.05, 3.63) is 64.6 Å². The van der Waals surface area contributed by atoms with Crippen LogP contribution in [0.2, 0.25) is 0 Å². The van der Waals surface area contributed by atoms with Gasteiger partial charge in [0.2, 0.25) is 11.1 Å². The van der Waals surface area contributed by atoms with Crippen LogP contribution >= 0.6 is 11.8 Å². The van der Waals surface area contributed by atoms with Crippen molar-refractivity contribution in [3.8, 4) is 17.1 Å². The first-order valence-corrected chi connectivity index (χ1v) is 9.91. The summed E-state index contributed by atoms with van der Waals surface area (Å²) in [5, 5.41) is 12.3. The fourth-order valence-corrected chi connectivity index (χ4v) is 3.65. The standard InChI is InChI=1S/C19H14FN7OS/c1-10-15(11-3-5-12(20)6-4-11)16-21-9-13-14(27(16)25-10)7-8-26(17(13)28)18-22-19(29-2)24-23-18/h3-9H,1-2H3,(H,22,23,24). The molecule has 5 rings (SSSR count). The smallest absolute Gasteiger partial charge is 0.268 e. The quantitative estimate of drug-likeness (QED) is 0.462. The summed E-state index contributed by atoms with van der Waals surface area (Å²) in [6, 6.07) is 7.97. The lowest BCUT2D eigenvalue weighted by molar-refractivity contribution is 0.628. The first-order chi connectivity index (χ1) is 14.1. The third kappa shape index (κ3) is 2.71. The maximum absolute atomic E-state index is 13.3. The lowest BCUT2D eigenvalue weighted by Crippen LogP contribution is -2.20. The topological polar surface area (TPSA) is 93.8 Å². The summed E-state index contributed by atoms with van der Waals surface area (Å²) in [5.41, 5.74) is 3.29. The van der Waals surface area contributed by atoms with Gasteiger partial charge in [-0.15, -0.1) is 5.10 Å². The largest absolute Gasteiger partial charge is 0.268 e. The Kier molecular flexibility index (Phi) is 3.95. The van der Waals surface area contributed by atoms with E-state index in [0.29, 0.717) is 27.7 Å². The molecule has 0 spiro atoms. The third-order valence-electron chi connectivity index (χ3n) is 4.68. The Morgan fingerprint density at radius 1 is 1.17 bits per heavy atom. The number of aromatic amines is 1. The average Bonchev–Trinajstić information content (AvgIpc) is 3.33. The van der Waals surface area contributed by atoms with Gasteiger partial charge < -0.3 is 0 Å². The van der Waals surface area contributed by atoms with Crippen LogP contribution in [0.5, 0.6) is 0 Å². The highest BCUT2D eigenvalue weighted by atomic mass is 32.2. The molecule has 29 heavy (non-hydrogen) atoms. The van der Waals surface area contributed by atoms with Gasteiger partial charge in [-0.2, -0.15) is 10.1 Å². The number of rotatable bonds is 3. The van der Waals surface area contributed by atoms with E-state index in [1.807, 2.05) is 13.2 Å². The highest BCUT2D eigenvalue weighted by molar-refractivity contribution is 7.98. The molecule has 0 saturated carbocycles. The zero-order chi connectivity index (χ0) is 20.1. The van der Waals surface area contributed by atoms with Gasteiger partial charge in [-0.3, -0.25) is 9.36 Å². The second kappa shape index (κ2) is 6.52. The van der Waals surface area contributed by atoms with Crippen molar-refractivity contribution in [1.82, 2.24) is 34.3 Å². The van der Waals surface area contributed by atoms with E-state index in [1.54, 1.807) is 28.9 Å². The molecule has 4 aromatic heterocycles. The fourth-order valence-electron chi connectivity index (χ4n) is 3.33. The molecule has 0 aliphatic rings. The minimum atomic E-state index is -0.307. The average molecular weight is 407 g/mol. The van der Waals surface area contributed by atoms with Crippen LogP contribution in [0.25, 0.3) is 33.6 Å². The third-order valence-corrected chi connectivity index (χ3v) is 5.23. The van der Waals surface area contributed by atoms with E-state index in [1.165, 1.54) is 34.7 Å². The van der Waals surface area contributed by atoms with Crippen molar-refractivity contribution in [1.29, 1.82) is 0 Å². The lowest BCUT2D eigenvalue weighted by atomic mass is 10.1. The Hall–Kier alpha value is -3.53.